The van der Waals surface area contributed by atoms with E-state index in [1.54, 1.807) is 0 Å². The van der Waals surface area contributed by atoms with E-state index in [2.05, 4.69) is 41.8 Å². The summed E-state index contributed by atoms with van der Waals surface area (Å²) in [5.74, 6) is 1.06. The third kappa shape index (κ3) is 2.17. The van der Waals surface area contributed by atoms with E-state index in [1.165, 1.54) is 0 Å². The Morgan fingerprint density at radius 1 is 1.22 bits per heavy atom. The summed E-state index contributed by atoms with van der Waals surface area (Å²) in [6.07, 6.45) is 2.23. The molecule has 1 aliphatic carbocycles. The first-order chi connectivity index (χ1) is 8.66. The predicted molar refractivity (Wildman–Crippen MR) is 77.7 cm³/mol. The van der Waals surface area contributed by atoms with E-state index in [0.29, 0.717) is 16.2 Å². The first-order valence-electron chi connectivity index (χ1n) is 5.71. The van der Waals surface area contributed by atoms with Crippen LogP contribution in [0.25, 0.3) is 11.4 Å². The van der Waals surface area contributed by atoms with Crippen LogP contribution in [0.5, 0.6) is 0 Å². The van der Waals surface area contributed by atoms with E-state index >= 15 is 0 Å². The third-order valence-electron chi connectivity index (χ3n) is 2.98. The van der Waals surface area contributed by atoms with Crippen molar-refractivity contribution < 1.29 is 0 Å². The molecule has 92 valence electrons. The molecule has 1 heterocycles. The number of nitrogens with zero attached hydrogens (tertiary/aromatic N) is 1. The van der Waals surface area contributed by atoms with E-state index in [4.69, 9.17) is 0 Å². The van der Waals surface area contributed by atoms with Crippen molar-refractivity contribution in [3.8, 4) is 11.4 Å². The van der Waals surface area contributed by atoms with Crippen LogP contribution in [0.3, 0.4) is 0 Å². The molecule has 0 saturated heterocycles. The summed E-state index contributed by atoms with van der Waals surface area (Å²) in [6.45, 7) is 0. The molecular weight excluding hydrogens is 360 g/mol. The van der Waals surface area contributed by atoms with Gasteiger partial charge in [0.25, 0.3) is 5.56 Å². The topological polar surface area (TPSA) is 45.8 Å². The van der Waals surface area contributed by atoms with Gasteiger partial charge in [0.1, 0.15) is 10.3 Å². The van der Waals surface area contributed by atoms with Crippen LogP contribution in [-0.4, -0.2) is 9.97 Å². The molecule has 1 fully saturated rings. The van der Waals surface area contributed by atoms with Gasteiger partial charge >= 0.3 is 0 Å². The summed E-state index contributed by atoms with van der Waals surface area (Å²) < 4.78 is 1.50. The van der Waals surface area contributed by atoms with E-state index in [-0.39, 0.29) is 5.56 Å². The van der Waals surface area contributed by atoms with Crippen LogP contribution in [0.4, 0.5) is 0 Å². The van der Waals surface area contributed by atoms with Crippen LogP contribution in [0.15, 0.2) is 38.0 Å². The van der Waals surface area contributed by atoms with Crippen LogP contribution >= 0.6 is 31.9 Å². The van der Waals surface area contributed by atoms with Crippen molar-refractivity contribution in [1.29, 1.82) is 0 Å². The summed E-state index contributed by atoms with van der Waals surface area (Å²) in [6, 6.07) is 7.74. The van der Waals surface area contributed by atoms with Gasteiger partial charge in [0, 0.05) is 16.0 Å². The lowest BCUT2D eigenvalue weighted by Gasteiger charge is -2.07. The van der Waals surface area contributed by atoms with E-state index in [0.717, 1.165) is 28.6 Å². The summed E-state index contributed by atoms with van der Waals surface area (Å²) in [5, 5.41) is 0. The normalized spacial score (nSPS) is 14.8. The molecule has 1 aromatic heterocycles. The highest BCUT2D eigenvalue weighted by molar-refractivity contribution is 9.10. The Kier molecular flexibility index (Phi) is 3.11. The van der Waals surface area contributed by atoms with Gasteiger partial charge in [-0.25, -0.2) is 4.98 Å². The summed E-state index contributed by atoms with van der Waals surface area (Å²) in [7, 11) is 0. The first-order valence-corrected chi connectivity index (χ1v) is 7.30. The molecule has 5 heteroatoms. The van der Waals surface area contributed by atoms with Crippen molar-refractivity contribution in [2.45, 2.75) is 18.8 Å². The molecule has 1 N–H and O–H groups in total. The molecule has 0 unspecified atom stereocenters. The Morgan fingerprint density at radius 2 is 1.94 bits per heavy atom. The lowest BCUT2D eigenvalue weighted by Crippen LogP contribution is -2.13. The zero-order valence-electron chi connectivity index (χ0n) is 9.41. The van der Waals surface area contributed by atoms with Gasteiger partial charge in [-0.05, 0) is 34.8 Å². The average Bonchev–Trinajstić information content (AvgIpc) is 3.17. The highest BCUT2D eigenvalue weighted by atomic mass is 79.9. The maximum atomic E-state index is 11.9. The molecule has 0 radical (unpaired) electrons. The summed E-state index contributed by atoms with van der Waals surface area (Å²) in [4.78, 5) is 19.3. The Morgan fingerprint density at radius 3 is 2.61 bits per heavy atom. The molecule has 3 nitrogen and oxygen atoms in total. The molecule has 18 heavy (non-hydrogen) atoms. The maximum absolute atomic E-state index is 11.9. The molecule has 0 bridgehead atoms. The van der Waals surface area contributed by atoms with Crippen LogP contribution in [0, 0.1) is 0 Å². The Balaban J connectivity index is 2.19. The number of H-pyrrole nitrogens is 1. The maximum Gasteiger partial charge on any atom is 0.265 e. The fourth-order valence-electron chi connectivity index (χ4n) is 1.88. The number of hydrogen-bond acceptors (Lipinski definition) is 2. The lowest BCUT2D eigenvalue weighted by molar-refractivity contribution is 0.959. The second-order valence-electron chi connectivity index (χ2n) is 4.37. The van der Waals surface area contributed by atoms with Gasteiger partial charge in [-0.15, -0.1) is 0 Å². The number of aromatic amines is 1. The number of hydrogen-bond donors (Lipinski definition) is 1. The lowest BCUT2D eigenvalue weighted by atomic mass is 10.2. The zero-order valence-corrected chi connectivity index (χ0v) is 12.6. The number of halogens is 2. The van der Waals surface area contributed by atoms with Crippen molar-refractivity contribution in [3.63, 3.8) is 0 Å². The van der Waals surface area contributed by atoms with Gasteiger partial charge in [0.15, 0.2) is 0 Å². The predicted octanol–water partition coefficient (Wildman–Crippen LogP) is 3.84. The minimum absolute atomic E-state index is 0.113. The zero-order chi connectivity index (χ0) is 12.7. The SMILES string of the molecule is O=c1[nH]c(-c2ccccc2Br)nc(C2CC2)c1Br. The van der Waals surface area contributed by atoms with Crippen molar-refractivity contribution in [1.82, 2.24) is 9.97 Å². The Labute approximate surface area is 121 Å². The van der Waals surface area contributed by atoms with Crippen molar-refractivity contribution in [3.05, 3.63) is 49.3 Å². The van der Waals surface area contributed by atoms with Crippen molar-refractivity contribution in [2.75, 3.05) is 0 Å². The van der Waals surface area contributed by atoms with Crippen LogP contribution in [0.2, 0.25) is 0 Å². The van der Waals surface area contributed by atoms with Gasteiger partial charge in [0.05, 0.1) is 5.69 Å². The van der Waals surface area contributed by atoms with Crippen molar-refractivity contribution in [2.24, 2.45) is 0 Å². The number of aromatic nitrogens is 2. The van der Waals surface area contributed by atoms with Crippen molar-refractivity contribution >= 4 is 31.9 Å². The number of rotatable bonds is 2. The fourth-order valence-corrected chi connectivity index (χ4v) is 2.87. The minimum atomic E-state index is -0.113. The summed E-state index contributed by atoms with van der Waals surface area (Å²) >= 11 is 6.81. The third-order valence-corrected chi connectivity index (χ3v) is 4.44. The standard InChI is InChI=1S/C13H10Br2N2O/c14-9-4-2-1-3-8(9)12-16-11(7-5-6-7)10(15)13(18)17-12/h1-4,7H,5-6H2,(H,16,17,18). The highest BCUT2D eigenvalue weighted by Gasteiger charge is 2.29. The average molecular weight is 370 g/mol. The van der Waals surface area contributed by atoms with E-state index < -0.39 is 0 Å². The molecule has 0 amide bonds. The summed E-state index contributed by atoms with van der Waals surface area (Å²) in [5.41, 5.74) is 1.67. The molecule has 0 aliphatic heterocycles. The molecule has 1 aliphatic rings. The fraction of sp³-hybridized carbons (Fsp3) is 0.231. The molecule has 2 aromatic rings. The molecule has 3 rings (SSSR count). The quantitative estimate of drug-likeness (QED) is 0.874. The van der Waals surface area contributed by atoms with Gasteiger partial charge in [-0.3, -0.25) is 4.79 Å². The molecule has 1 saturated carbocycles. The van der Waals surface area contributed by atoms with Gasteiger partial charge < -0.3 is 4.98 Å². The smallest absolute Gasteiger partial charge is 0.265 e. The monoisotopic (exact) mass is 368 g/mol. The Hall–Kier alpha value is -0.940. The van der Waals surface area contributed by atoms with Gasteiger partial charge in [-0.1, -0.05) is 34.1 Å². The molecule has 0 spiro atoms. The second-order valence-corrected chi connectivity index (χ2v) is 6.02. The van der Waals surface area contributed by atoms with Crippen LogP contribution in [-0.2, 0) is 0 Å². The largest absolute Gasteiger partial charge is 0.306 e. The molecule has 1 aromatic carbocycles. The minimum Gasteiger partial charge on any atom is -0.306 e. The van der Waals surface area contributed by atoms with Gasteiger partial charge in [0.2, 0.25) is 0 Å². The molecular formula is C13H10Br2N2O. The van der Waals surface area contributed by atoms with Crippen LogP contribution < -0.4 is 5.56 Å². The van der Waals surface area contributed by atoms with Crippen LogP contribution in [0.1, 0.15) is 24.5 Å². The second kappa shape index (κ2) is 4.63. The van der Waals surface area contributed by atoms with E-state index in [9.17, 15) is 4.79 Å². The highest BCUT2D eigenvalue weighted by Crippen LogP contribution is 2.41. The number of nitrogens with one attached hydrogen (secondary N) is 1. The number of benzene rings is 1. The van der Waals surface area contributed by atoms with Gasteiger partial charge in [-0.2, -0.15) is 0 Å². The molecule has 0 atom stereocenters. The van der Waals surface area contributed by atoms with E-state index in [1.807, 2.05) is 24.3 Å². The first kappa shape index (κ1) is 12.1. The Bertz CT molecular complexity index is 662.